The first-order chi connectivity index (χ1) is 11.8. The number of imidazole rings is 2. The van der Waals surface area contributed by atoms with Crippen molar-refractivity contribution in [3.05, 3.63) is 61.3 Å². The lowest BCUT2D eigenvalue weighted by Crippen LogP contribution is -2.40. The second-order valence-corrected chi connectivity index (χ2v) is 5.93. The van der Waals surface area contributed by atoms with E-state index in [1.54, 1.807) is 24.9 Å². The minimum absolute atomic E-state index is 0.0319. The fourth-order valence-corrected chi connectivity index (χ4v) is 3.11. The van der Waals surface area contributed by atoms with Crippen molar-refractivity contribution in [3.63, 3.8) is 0 Å². The van der Waals surface area contributed by atoms with Gasteiger partial charge in [-0.2, -0.15) is 0 Å². The van der Waals surface area contributed by atoms with Crippen molar-refractivity contribution in [2.24, 2.45) is 0 Å². The fraction of sp³-hybridized carbons (Fsp3) is 0.294. The summed E-state index contributed by atoms with van der Waals surface area (Å²) in [5.41, 5.74) is 0.616. The summed E-state index contributed by atoms with van der Waals surface area (Å²) >= 11 is 0. The first-order valence-corrected chi connectivity index (χ1v) is 8.02. The number of amides is 1. The van der Waals surface area contributed by atoms with E-state index in [0.29, 0.717) is 18.2 Å². The standard InChI is InChI=1S/C17H18N6O/c24-17(14-3-4-16(20-10-14)23-9-6-19-13-23)21-7-1-2-15(11-21)22-8-5-18-12-22/h3-6,8-10,12-13,15H,1-2,7,11H2/t15-/m0/s1. The van der Waals surface area contributed by atoms with Crippen molar-refractivity contribution in [2.45, 2.75) is 18.9 Å². The highest BCUT2D eigenvalue weighted by molar-refractivity contribution is 5.94. The molecule has 1 fully saturated rings. The van der Waals surface area contributed by atoms with E-state index >= 15 is 0 Å². The number of hydrogen-bond donors (Lipinski definition) is 0. The van der Waals surface area contributed by atoms with E-state index in [4.69, 9.17) is 0 Å². The average Bonchev–Trinajstić information content (AvgIpc) is 3.35. The van der Waals surface area contributed by atoms with Gasteiger partial charge in [0.05, 0.1) is 17.9 Å². The van der Waals surface area contributed by atoms with E-state index in [0.717, 1.165) is 25.2 Å². The van der Waals surface area contributed by atoms with Gasteiger partial charge >= 0.3 is 0 Å². The molecule has 1 aliphatic heterocycles. The molecule has 3 aromatic rings. The van der Waals surface area contributed by atoms with E-state index in [1.165, 1.54) is 0 Å². The van der Waals surface area contributed by atoms with Crippen LogP contribution in [0.5, 0.6) is 0 Å². The van der Waals surface area contributed by atoms with Crippen molar-refractivity contribution in [1.29, 1.82) is 0 Å². The second kappa shape index (κ2) is 6.27. The summed E-state index contributed by atoms with van der Waals surface area (Å²) < 4.78 is 3.89. The van der Waals surface area contributed by atoms with Crippen LogP contribution in [0.2, 0.25) is 0 Å². The summed E-state index contributed by atoms with van der Waals surface area (Å²) in [5, 5.41) is 0. The van der Waals surface area contributed by atoms with Crippen LogP contribution in [0.25, 0.3) is 5.82 Å². The lowest BCUT2D eigenvalue weighted by molar-refractivity contribution is 0.0679. The molecule has 1 amide bonds. The highest BCUT2D eigenvalue weighted by Gasteiger charge is 2.25. The Morgan fingerprint density at radius 2 is 2.00 bits per heavy atom. The number of piperidine rings is 1. The molecule has 0 aromatic carbocycles. The molecule has 3 aromatic heterocycles. The second-order valence-electron chi connectivity index (χ2n) is 5.93. The topological polar surface area (TPSA) is 68.8 Å². The monoisotopic (exact) mass is 322 g/mol. The van der Waals surface area contributed by atoms with Gasteiger partial charge in [-0.05, 0) is 25.0 Å². The number of carbonyl (C=O) groups is 1. The first kappa shape index (κ1) is 14.6. The molecule has 0 saturated carbocycles. The van der Waals surface area contributed by atoms with Crippen molar-refractivity contribution < 1.29 is 4.79 Å². The Morgan fingerprint density at radius 1 is 1.12 bits per heavy atom. The lowest BCUT2D eigenvalue weighted by Gasteiger charge is -2.33. The van der Waals surface area contributed by atoms with Gasteiger partial charge in [0.1, 0.15) is 12.1 Å². The van der Waals surface area contributed by atoms with Gasteiger partial charge in [0, 0.05) is 44.1 Å². The number of likely N-dealkylation sites (tertiary alicyclic amines) is 1. The predicted octanol–water partition coefficient (Wildman–Crippen LogP) is 1.94. The molecule has 0 aliphatic carbocycles. The molecule has 4 heterocycles. The molecule has 0 unspecified atom stereocenters. The third kappa shape index (κ3) is 2.80. The van der Waals surface area contributed by atoms with Gasteiger partial charge in [0.25, 0.3) is 5.91 Å². The molecule has 1 atom stereocenters. The molecule has 0 spiro atoms. The first-order valence-electron chi connectivity index (χ1n) is 8.02. The molecule has 4 rings (SSSR count). The Balaban J connectivity index is 1.49. The van der Waals surface area contributed by atoms with Gasteiger partial charge < -0.3 is 9.47 Å². The molecular formula is C17H18N6O. The maximum atomic E-state index is 12.8. The summed E-state index contributed by atoms with van der Waals surface area (Å²) in [6.07, 6.45) is 14.5. The third-order valence-electron chi connectivity index (χ3n) is 4.39. The molecule has 0 radical (unpaired) electrons. The number of rotatable bonds is 3. The van der Waals surface area contributed by atoms with Gasteiger partial charge in [0.15, 0.2) is 0 Å². The van der Waals surface area contributed by atoms with Gasteiger partial charge in [-0.1, -0.05) is 0 Å². The summed E-state index contributed by atoms with van der Waals surface area (Å²) in [4.78, 5) is 27.1. The van der Waals surface area contributed by atoms with E-state index in [9.17, 15) is 4.79 Å². The third-order valence-corrected chi connectivity index (χ3v) is 4.39. The van der Waals surface area contributed by atoms with Crippen LogP contribution in [0.15, 0.2) is 55.8 Å². The van der Waals surface area contributed by atoms with E-state index in [2.05, 4.69) is 19.5 Å². The van der Waals surface area contributed by atoms with Crippen LogP contribution >= 0.6 is 0 Å². The molecular weight excluding hydrogens is 304 g/mol. The quantitative estimate of drug-likeness (QED) is 0.739. The minimum atomic E-state index is 0.0319. The number of pyridine rings is 1. The predicted molar refractivity (Wildman–Crippen MR) is 87.8 cm³/mol. The van der Waals surface area contributed by atoms with Crippen LogP contribution in [0.3, 0.4) is 0 Å². The van der Waals surface area contributed by atoms with Crippen LogP contribution in [0.4, 0.5) is 0 Å². The van der Waals surface area contributed by atoms with Crippen LogP contribution in [-0.2, 0) is 0 Å². The van der Waals surface area contributed by atoms with E-state index in [1.807, 2.05) is 40.3 Å². The Bertz CT molecular complexity index is 794. The molecule has 1 aliphatic rings. The van der Waals surface area contributed by atoms with Crippen molar-refractivity contribution >= 4 is 5.91 Å². The number of carbonyl (C=O) groups excluding carboxylic acids is 1. The zero-order valence-corrected chi connectivity index (χ0v) is 13.2. The smallest absolute Gasteiger partial charge is 0.255 e. The zero-order valence-electron chi connectivity index (χ0n) is 13.2. The van der Waals surface area contributed by atoms with E-state index in [-0.39, 0.29) is 5.91 Å². The molecule has 1 saturated heterocycles. The lowest BCUT2D eigenvalue weighted by atomic mass is 10.0. The molecule has 7 nitrogen and oxygen atoms in total. The van der Waals surface area contributed by atoms with Crippen molar-refractivity contribution in [2.75, 3.05) is 13.1 Å². The summed E-state index contributed by atoms with van der Waals surface area (Å²) in [7, 11) is 0. The highest BCUT2D eigenvalue weighted by atomic mass is 16.2. The molecule has 24 heavy (non-hydrogen) atoms. The maximum Gasteiger partial charge on any atom is 0.255 e. The normalized spacial score (nSPS) is 17.8. The number of aromatic nitrogens is 5. The summed E-state index contributed by atoms with van der Waals surface area (Å²) in [6, 6.07) is 3.96. The van der Waals surface area contributed by atoms with Crippen molar-refractivity contribution in [3.8, 4) is 5.82 Å². The number of nitrogens with zero attached hydrogens (tertiary/aromatic N) is 6. The zero-order chi connectivity index (χ0) is 16.4. The Hall–Kier alpha value is -2.96. The van der Waals surface area contributed by atoms with Gasteiger partial charge in [-0.25, -0.2) is 15.0 Å². The number of hydrogen-bond acceptors (Lipinski definition) is 4. The van der Waals surface area contributed by atoms with Gasteiger partial charge in [-0.3, -0.25) is 9.36 Å². The molecule has 0 N–H and O–H groups in total. The fourth-order valence-electron chi connectivity index (χ4n) is 3.11. The van der Waals surface area contributed by atoms with Crippen LogP contribution in [0.1, 0.15) is 29.2 Å². The highest BCUT2D eigenvalue weighted by Crippen LogP contribution is 2.22. The average molecular weight is 322 g/mol. The van der Waals surface area contributed by atoms with Crippen LogP contribution < -0.4 is 0 Å². The largest absolute Gasteiger partial charge is 0.337 e. The van der Waals surface area contributed by atoms with Crippen LogP contribution in [0, 0.1) is 0 Å². The minimum Gasteiger partial charge on any atom is -0.337 e. The molecule has 7 heteroatoms. The SMILES string of the molecule is O=C(c1ccc(-n2ccnc2)nc1)N1CCC[C@H](n2ccnc2)C1. The summed E-state index contributed by atoms with van der Waals surface area (Å²) in [6.45, 7) is 1.49. The Labute approximate surface area is 139 Å². The van der Waals surface area contributed by atoms with E-state index < -0.39 is 0 Å². The molecule has 0 bridgehead atoms. The van der Waals surface area contributed by atoms with Crippen LogP contribution in [-0.4, -0.2) is 48.0 Å². The Kier molecular flexibility index (Phi) is 3.82. The Morgan fingerprint density at radius 3 is 2.71 bits per heavy atom. The maximum absolute atomic E-state index is 12.8. The van der Waals surface area contributed by atoms with Crippen molar-refractivity contribution in [1.82, 2.24) is 29.0 Å². The summed E-state index contributed by atoms with van der Waals surface area (Å²) in [5.74, 6) is 0.781. The molecule has 122 valence electrons. The van der Waals surface area contributed by atoms with Gasteiger partial charge in [0.2, 0.25) is 0 Å². The van der Waals surface area contributed by atoms with Gasteiger partial charge in [-0.15, -0.1) is 0 Å².